The van der Waals surface area contributed by atoms with Crippen molar-refractivity contribution in [3.05, 3.63) is 60.2 Å². The van der Waals surface area contributed by atoms with E-state index in [4.69, 9.17) is 0 Å². The monoisotopic (exact) mass is 267 g/mol. The first-order valence-electron chi connectivity index (χ1n) is 6.37. The Hall–Kier alpha value is -2.55. The van der Waals surface area contributed by atoms with Crippen LogP contribution in [0.15, 0.2) is 54.6 Å². The summed E-state index contributed by atoms with van der Waals surface area (Å²) in [6, 6.07) is 16.2. The first-order valence-corrected chi connectivity index (χ1v) is 6.37. The van der Waals surface area contributed by atoms with Crippen LogP contribution in [0.25, 0.3) is 17.2 Å². The van der Waals surface area contributed by atoms with Crippen molar-refractivity contribution in [3.8, 4) is 11.1 Å². The molecule has 2 rings (SSSR count). The molecule has 0 radical (unpaired) electrons. The minimum atomic E-state index is -0.351. The number of hydrogen-bond donors (Lipinski definition) is 1. The van der Waals surface area contributed by atoms with Crippen molar-refractivity contribution in [2.24, 2.45) is 0 Å². The molecule has 0 aliphatic carbocycles. The highest BCUT2D eigenvalue weighted by Crippen LogP contribution is 2.23. The Bertz CT molecular complexity index is 615. The number of ether oxygens (including phenoxy) is 1. The summed E-state index contributed by atoms with van der Waals surface area (Å²) >= 11 is 0. The number of esters is 1. The average Bonchev–Trinajstić information content (AvgIpc) is 2.53. The van der Waals surface area contributed by atoms with Crippen LogP contribution in [0.3, 0.4) is 0 Å². The van der Waals surface area contributed by atoms with Gasteiger partial charge in [-0.1, -0.05) is 36.4 Å². The maximum Gasteiger partial charge on any atom is 0.330 e. The highest BCUT2D eigenvalue weighted by atomic mass is 16.5. The fourth-order valence-corrected chi connectivity index (χ4v) is 1.87. The summed E-state index contributed by atoms with van der Waals surface area (Å²) in [5.74, 6) is -0.351. The predicted octanol–water partition coefficient (Wildman–Crippen LogP) is 3.58. The minimum absolute atomic E-state index is 0.351. The lowest BCUT2D eigenvalue weighted by molar-refractivity contribution is -0.134. The predicted molar refractivity (Wildman–Crippen MR) is 82.5 cm³/mol. The molecule has 0 saturated carbocycles. The molecule has 0 aliphatic rings. The topological polar surface area (TPSA) is 38.3 Å². The lowest BCUT2D eigenvalue weighted by atomic mass is 10.0. The molecule has 0 fully saturated rings. The van der Waals surface area contributed by atoms with Gasteiger partial charge < -0.3 is 10.1 Å². The van der Waals surface area contributed by atoms with Gasteiger partial charge in [0.15, 0.2) is 0 Å². The van der Waals surface area contributed by atoms with Gasteiger partial charge in [-0.3, -0.25) is 0 Å². The molecular formula is C17H17NO2. The lowest BCUT2D eigenvalue weighted by Gasteiger charge is -2.05. The maximum absolute atomic E-state index is 11.0. The molecule has 0 heterocycles. The van der Waals surface area contributed by atoms with Crippen molar-refractivity contribution in [2.45, 2.75) is 0 Å². The third-order valence-electron chi connectivity index (χ3n) is 3.01. The molecule has 0 unspecified atom stereocenters. The molecule has 0 spiro atoms. The van der Waals surface area contributed by atoms with Crippen LogP contribution in [0.5, 0.6) is 0 Å². The van der Waals surface area contributed by atoms with Crippen LogP contribution >= 0.6 is 0 Å². The van der Waals surface area contributed by atoms with Crippen molar-refractivity contribution in [3.63, 3.8) is 0 Å². The van der Waals surface area contributed by atoms with E-state index in [1.54, 1.807) is 6.08 Å². The molecule has 0 bridgehead atoms. The highest BCUT2D eigenvalue weighted by molar-refractivity contribution is 5.87. The van der Waals surface area contributed by atoms with Gasteiger partial charge in [0.1, 0.15) is 0 Å². The molecule has 0 atom stereocenters. The van der Waals surface area contributed by atoms with Crippen LogP contribution in [0, 0.1) is 0 Å². The summed E-state index contributed by atoms with van der Waals surface area (Å²) in [6.45, 7) is 0. The number of hydrogen-bond acceptors (Lipinski definition) is 3. The van der Waals surface area contributed by atoms with E-state index < -0.39 is 0 Å². The van der Waals surface area contributed by atoms with Gasteiger partial charge in [-0.2, -0.15) is 0 Å². The molecule has 0 aliphatic heterocycles. The fraction of sp³-hybridized carbons (Fsp3) is 0.118. The Morgan fingerprint density at radius 3 is 2.50 bits per heavy atom. The average molecular weight is 267 g/mol. The molecule has 1 N–H and O–H groups in total. The van der Waals surface area contributed by atoms with Gasteiger partial charge in [-0.15, -0.1) is 0 Å². The third kappa shape index (κ3) is 3.48. The molecule has 2 aromatic carbocycles. The Balaban J connectivity index is 2.19. The molecule has 2 aromatic rings. The van der Waals surface area contributed by atoms with Gasteiger partial charge in [-0.05, 0) is 34.9 Å². The number of benzene rings is 2. The number of anilines is 1. The van der Waals surface area contributed by atoms with Crippen LogP contribution < -0.4 is 5.32 Å². The van der Waals surface area contributed by atoms with Gasteiger partial charge in [-0.25, -0.2) is 4.79 Å². The maximum atomic E-state index is 11.0. The zero-order valence-electron chi connectivity index (χ0n) is 11.6. The van der Waals surface area contributed by atoms with Crippen LogP contribution in [0.2, 0.25) is 0 Å². The molecule has 3 nitrogen and oxygen atoms in total. The Morgan fingerprint density at radius 1 is 1.10 bits per heavy atom. The molecule has 20 heavy (non-hydrogen) atoms. The number of carbonyl (C=O) groups excluding carboxylic acids is 1. The normalized spacial score (nSPS) is 10.5. The van der Waals surface area contributed by atoms with E-state index in [2.05, 4.69) is 22.2 Å². The van der Waals surface area contributed by atoms with Crippen molar-refractivity contribution < 1.29 is 9.53 Å². The second-order valence-corrected chi connectivity index (χ2v) is 4.31. The Kier molecular flexibility index (Phi) is 4.56. The van der Waals surface area contributed by atoms with Gasteiger partial charge >= 0.3 is 5.97 Å². The second kappa shape index (κ2) is 6.57. The fourth-order valence-electron chi connectivity index (χ4n) is 1.87. The van der Waals surface area contributed by atoms with Crippen LogP contribution in [-0.4, -0.2) is 20.1 Å². The zero-order valence-corrected chi connectivity index (χ0v) is 11.6. The molecule has 0 aromatic heterocycles. The van der Waals surface area contributed by atoms with E-state index in [0.29, 0.717) is 0 Å². The minimum Gasteiger partial charge on any atom is -0.466 e. The van der Waals surface area contributed by atoms with Gasteiger partial charge in [0, 0.05) is 18.8 Å². The molecule has 3 heteroatoms. The number of carbonyl (C=O) groups is 1. The lowest BCUT2D eigenvalue weighted by Crippen LogP contribution is -1.93. The van der Waals surface area contributed by atoms with Gasteiger partial charge in [0.25, 0.3) is 0 Å². The molecule has 102 valence electrons. The SMILES string of the molecule is CNc1cccc(-c2ccc(C=CC(=O)OC)cc2)c1. The quantitative estimate of drug-likeness (QED) is 0.679. The smallest absolute Gasteiger partial charge is 0.330 e. The number of rotatable bonds is 4. The largest absolute Gasteiger partial charge is 0.466 e. The van der Waals surface area contributed by atoms with Gasteiger partial charge in [0.05, 0.1) is 7.11 Å². The van der Waals surface area contributed by atoms with Crippen LogP contribution in [0.1, 0.15) is 5.56 Å². The third-order valence-corrected chi connectivity index (χ3v) is 3.01. The van der Waals surface area contributed by atoms with E-state index in [0.717, 1.165) is 22.4 Å². The van der Waals surface area contributed by atoms with Crippen LogP contribution in [-0.2, 0) is 9.53 Å². The first kappa shape index (κ1) is 13.9. The molecule has 0 saturated heterocycles. The van der Waals surface area contributed by atoms with E-state index in [1.165, 1.54) is 13.2 Å². The summed E-state index contributed by atoms with van der Waals surface area (Å²) in [6.07, 6.45) is 3.15. The van der Waals surface area contributed by atoms with Crippen molar-refractivity contribution in [2.75, 3.05) is 19.5 Å². The van der Waals surface area contributed by atoms with Crippen molar-refractivity contribution >= 4 is 17.7 Å². The summed E-state index contributed by atoms with van der Waals surface area (Å²) in [5.41, 5.74) is 4.33. The van der Waals surface area contributed by atoms with Crippen molar-refractivity contribution in [1.29, 1.82) is 0 Å². The van der Waals surface area contributed by atoms with E-state index in [9.17, 15) is 4.79 Å². The summed E-state index contributed by atoms with van der Waals surface area (Å²) < 4.78 is 4.56. The standard InChI is InChI=1S/C17H17NO2/c1-18-16-5-3-4-15(12-16)14-9-6-13(7-10-14)8-11-17(19)20-2/h3-12,18H,1-2H3. The van der Waals surface area contributed by atoms with Crippen LogP contribution in [0.4, 0.5) is 5.69 Å². The number of methoxy groups -OCH3 is 1. The summed E-state index contributed by atoms with van der Waals surface area (Å²) in [7, 11) is 3.27. The van der Waals surface area contributed by atoms with E-state index in [1.807, 2.05) is 43.4 Å². The van der Waals surface area contributed by atoms with Crippen molar-refractivity contribution in [1.82, 2.24) is 0 Å². The summed E-state index contributed by atoms with van der Waals surface area (Å²) in [4.78, 5) is 11.0. The first-order chi connectivity index (χ1) is 9.72. The second-order valence-electron chi connectivity index (χ2n) is 4.31. The molecular weight excluding hydrogens is 250 g/mol. The zero-order chi connectivity index (χ0) is 14.4. The summed E-state index contributed by atoms with van der Waals surface area (Å²) in [5, 5.41) is 3.13. The molecule has 0 amide bonds. The Morgan fingerprint density at radius 2 is 1.85 bits per heavy atom. The van der Waals surface area contributed by atoms with Gasteiger partial charge in [0.2, 0.25) is 0 Å². The highest BCUT2D eigenvalue weighted by Gasteiger charge is 1.99. The van der Waals surface area contributed by atoms with E-state index >= 15 is 0 Å². The number of nitrogens with one attached hydrogen (secondary N) is 1. The Labute approximate surface area is 118 Å². The van der Waals surface area contributed by atoms with E-state index in [-0.39, 0.29) is 5.97 Å².